The van der Waals surface area contributed by atoms with E-state index in [1.807, 2.05) is 13.0 Å². The highest BCUT2D eigenvalue weighted by molar-refractivity contribution is 7.83. The number of morpholine rings is 1. The molecule has 1 aliphatic heterocycles. The molecular weight excluding hydrogens is 146 g/mol. The first-order chi connectivity index (χ1) is 4.91. The topological polar surface area (TPSA) is 21.3 Å². The second-order valence-corrected chi connectivity index (χ2v) is 2.14. The Morgan fingerprint density at radius 3 is 2.00 bits per heavy atom. The van der Waals surface area contributed by atoms with Gasteiger partial charge in [-0.1, -0.05) is 6.08 Å². The van der Waals surface area contributed by atoms with Gasteiger partial charge in [-0.25, -0.2) is 0 Å². The maximum Gasteiger partial charge on any atom is 0.0591 e. The third-order valence-electron chi connectivity index (χ3n) is 0.995. The summed E-state index contributed by atoms with van der Waals surface area (Å²) in [5.41, 5.74) is 0. The molecule has 1 rings (SSSR count). The van der Waals surface area contributed by atoms with Crippen LogP contribution >= 0.6 is 12.6 Å². The average molecular weight is 161 g/mol. The van der Waals surface area contributed by atoms with E-state index < -0.39 is 0 Å². The highest BCUT2D eigenvalue weighted by atomic mass is 32.1. The first-order valence-electron chi connectivity index (χ1n) is 3.45. The maximum absolute atomic E-state index is 5.01. The number of hydrogen-bond acceptors (Lipinski definition) is 3. The molecule has 0 aromatic rings. The number of ether oxygens (including phenoxy) is 1. The molecule has 0 saturated carbocycles. The van der Waals surface area contributed by atoms with Gasteiger partial charge < -0.3 is 10.1 Å². The predicted octanol–water partition coefficient (Wildman–Crippen LogP) is 1.06. The van der Waals surface area contributed by atoms with Gasteiger partial charge in [0.2, 0.25) is 0 Å². The lowest BCUT2D eigenvalue weighted by Crippen LogP contribution is -2.30. The number of thiol groups is 1. The quantitative estimate of drug-likeness (QED) is 0.518. The van der Waals surface area contributed by atoms with Gasteiger partial charge in [0.05, 0.1) is 13.2 Å². The van der Waals surface area contributed by atoms with Crippen molar-refractivity contribution in [3.05, 3.63) is 11.5 Å². The fourth-order valence-electron chi connectivity index (χ4n) is 0.516. The zero-order valence-corrected chi connectivity index (χ0v) is 7.23. The van der Waals surface area contributed by atoms with Crippen molar-refractivity contribution in [2.75, 3.05) is 26.3 Å². The van der Waals surface area contributed by atoms with E-state index in [-0.39, 0.29) is 0 Å². The zero-order valence-electron chi connectivity index (χ0n) is 6.34. The molecule has 60 valence electrons. The molecule has 2 nitrogen and oxygen atoms in total. The number of hydrogen-bond donors (Lipinski definition) is 2. The summed E-state index contributed by atoms with van der Waals surface area (Å²) < 4.78 is 5.01. The number of nitrogens with one attached hydrogen (secondary N) is 1. The van der Waals surface area contributed by atoms with Crippen molar-refractivity contribution in [3.63, 3.8) is 0 Å². The lowest BCUT2D eigenvalue weighted by atomic mass is 10.5. The Hall–Kier alpha value is 0.01000. The SMILES string of the molecule is C1COCCN1.CC=CS. The van der Waals surface area contributed by atoms with Crippen molar-refractivity contribution in [2.45, 2.75) is 6.92 Å². The molecule has 1 fully saturated rings. The molecule has 1 heterocycles. The maximum atomic E-state index is 5.01. The molecular formula is C7H15NOS. The Morgan fingerprint density at radius 1 is 1.40 bits per heavy atom. The van der Waals surface area contributed by atoms with Crippen molar-refractivity contribution < 1.29 is 4.74 Å². The zero-order chi connectivity index (χ0) is 7.66. The predicted molar refractivity (Wildman–Crippen MR) is 47.5 cm³/mol. The Balaban J connectivity index is 0.000000180. The fraction of sp³-hybridized carbons (Fsp3) is 0.714. The molecule has 0 atom stereocenters. The molecule has 0 aromatic carbocycles. The third kappa shape index (κ3) is 8.01. The summed E-state index contributed by atoms with van der Waals surface area (Å²) in [6, 6.07) is 0. The second kappa shape index (κ2) is 9.01. The summed E-state index contributed by atoms with van der Waals surface area (Å²) in [6.07, 6.45) is 1.86. The van der Waals surface area contributed by atoms with Crippen molar-refractivity contribution in [2.24, 2.45) is 0 Å². The van der Waals surface area contributed by atoms with Crippen LogP contribution in [0.4, 0.5) is 0 Å². The Bertz CT molecular complexity index is 66.2. The van der Waals surface area contributed by atoms with E-state index >= 15 is 0 Å². The molecule has 0 radical (unpaired) electrons. The number of allylic oxidation sites excluding steroid dienone is 1. The molecule has 1 saturated heterocycles. The molecule has 0 unspecified atom stereocenters. The van der Waals surface area contributed by atoms with Gasteiger partial charge in [0.15, 0.2) is 0 Å². The van der Waals surface area contributed by atoms with Crippen LogP contribution in [0.5, 0.6) is 0 Å². The van der Waals surface area contributed by atoms with Crippen molar-refractivity contribution in [1.82, 2.24) is 5.32 Å². The van der Waals surface area contributed by atoms with Gasteiger partial charge in [-0.2, -0.15) is 12.6 Å². The summed E-state index contributed by atoms with van der Waals surface area (Å²) in [5.74, 6) is 0. The van der Waals surface area contributed by atoms with Gasteiger partial charge in [0.25, 0.3) is 0 Å². The molecule has 1 aliphatic rings. The first kappa shape index (κ1) is 10.0. The van der Waals surface area contributed by atoms with E-state index in [0.717, 1.165) is 26.3 Å². The van der Waals surface area contributed by atoms with Gasteiger partial charge in [-0.15, -0.1) is 0 Å². The van der Waals surface area contributed by atoms with Crippen molar-refractivity contribution in [3.8, 4) is 0 Å². The van der Waals surface area contributed by atoms with Crippen molar-refractivity contribution >= 4 is 12.6 Å². The summed E-state index contributed by atoms with van der Waals surface area (Å²) >= 11 is 3.74. The summed E-state index contributed by atoms with van der Waals surface area (Å²) in [6.45, 7) is 5.76. The minimum Gasteiger partial charge on any atom is -0.379 e. The lowest BCUT2D eigenvalue weighted by molar-refractivity contribution is 0.109. The first-order valence-corrected chi connectivity index (χ1v) is 3.97. The van der Waals surface area contributed by atoms with Crippen LogP contribution < -0.4 is 5.32 Å². The normalized spacial score (nSPS) is 18.2. The standard InChI is InChI=1S/C4H9NO.C3H6S/c1-3-6-4-2-5-1;1-2-3-4/h5H,1-4H2;2-4H,1H3. The largest absolute Gasteiger partial charge is 0.379 e. The van der Waals surface area contributed by atoms with Gasteiger partial charge in [-0.3, -0.25) is 0 Å². The molecule has 10 heavy (non-hydrogen) atoms. The molecule has 0 bridgehead atoms. The third-order valence-corrected chi connectivity index (χ3v) is 1.29. The Morgan fingerprint density at radius 2 is 1.90 bits per heavy atom. The van der Waals surface area contributed by atoms with Crippen LogP contribution in [-0.4, -0.2) is 26.3 Å². The van der Waals surface area contributed by atoms with E-state index in [0.29, 0.717) is 0 Å². The monoisotopic (exact) mass is 161 g/mol. The molecule has 0 spiro atoms. The average Bonchev–Trinajstić information content (AvgIpc) is 2.08. The van der Waals surface area contributed by atoms with E-state index in [2.05, 4.69) is 17.9 Å². The summed E-state index contributed by atoms with van der Waals surface area (Å²) in [4.78, 5) is 0. The van der Waals surface area contributed by atoms with Gasteiger partial charge in [0, 0.05) is 13.1 Å². The minimum absolute atomic E-state index is 0.889. The summed E-state index contributed by atoms with van der Waals surface area (Å²) in [5, 5.41) is 4.85. The van der Waals surface area contributed by atoms with Crippen LogP contribution in [0, 0.1) is 0 Å². The van der Waals surface area contributed by atoms with Crippen LogP contribution in [0.2, 0.25) is 0 Å². The second-order valence-electron chi connectivity index (χ2n) is 1.84. The van der Waals surface area contributed by atoms with Crippen LogP contribution in [0.3, 0.4) is 0 Å². The fourth-order valence-corrected chi connectivity index (χ4v) is 0.516. The molecule has 0 amide bonds. The minimum atomic E-state index is 0.889. The molecule has 1 N–H and O–H groups in total. The van der Waals surface area contributed by atoms with Crippen LogP contribution in [-0.2, 0) is 4.74 Å². The van der Waals surface area contributed by atoms with E-state index in [9.17, 15) is 0 Å². The smallest absolute Gasteiger partial charge is 0.0591 e. The summed E-state index contributed by atoms with van der Waals surface area (Å²) in [7, 11) is 0. The molecule has 0 aliphatic carbocycles. The van der Waals surface area contributed by atoms with Crippen LogP contribution in [0.25, 0.3) is 0 Å². The Kier molecular flexibility index (Phi) is 9.02. The highest BCUT2D eigenvalue weighted by Gasteiger charge is 1.92. The van der Waals surface area contributed by atoms with Crippen molar-refractivity contribution in [1.29, 1.82) is 0 Å². The Labute approximate surface area is 68.1 Å². The number of rotatable bonds is 0. The van der Waals surface area contributed by atoms with Gasteiger partial charge >= 0.3 is 0 Å². The lowest BCUT2D eigenvalue weighted by Gasteiger charge is -2.10. The molecule has 3 heteroatoms. The van der Waals surface area contributed by atoms with E-state index in [4.69, 9.17) is 4.74 Å². The van der Waals surface area contributed by atoms with Crippen LogP contribution in [0.15, 0.2) is 11.5 Å². The van der Waals surface area contributed by atoms with E-state index in [1.54, 1.807) is 5.41 Å². The van der Waals surface area contributed by atoms with Gasteiger partial charge in [-0.05, 0) is 12.3 Å². The van der Waals surface area contributed by atoms with Crippen LogP contribution in [0.1, 0.15) is 6.92 Å². The molecule has 0 aromatic heterocycles. The highest BCUT2D eigenvalue weighted by Crippen LogP contribution is 1.76. The van der Waals surface area contributed by atoms with Gasteiger partial charge in [0.1, 0.15) is 0 Å². The van der Waals surface area contributed by atoms with E-state index in [1.165, 1.54) is 0 Å².